The van der Waals surface area contributed by atoms with E-state index in [2.05, 4.69) is 21.2 Å². The quantitative estimate of drug-likeness (QED) is 0.868. The number of carbonyl (C=O) groups is 1. The number of anilines is 1. The first-order valence-electron chi connectivity index (χ1n) is 6.57. The van der Waals surface area contributed by atoms with Gasteiger partial charge in [-0.25, -0.2) is 4.39 Å². The largest absolute Gasteiger partial charge is 0.495 e. The van der Waals surface area contributed by atoms with Crippen LogP contribution in [-0.2, 0) is 4.79 Å². The number of benzene rings is 2. The van der Waals surface area contributed by atoms with E-state index in [1.54, 1.807) is 25.1 Å². The number of halogens is 2. The number of hydrogen-bond donors (Lipinski definition) is 1. The molecule has 2 rings (SSSR count). The van der Waals surface area contributed by atoms with Crippen molar-refractivity contribution >= 4 is 27.5 Å². The van der Waals surface area contributed by atoms with Crippen molar-refractivity contribution in [2.45, 2.75) is 13.0 Å². The Kier molecular flexibility index (Phi) is 5.38. The molecule has 1 unspecified atom stereocenters. The number of methoxy groups -OCH3 is 1. The number of nitrogens with one attached hydrogen (secondary N) is 1. The van der Waals surface area contributed by atoms with Gasteiger partial charge in [0.25, 0.3) is 5.91 Å². The zero-order chi connectivity index (χ0) is 16.1. The minimum atomic E-state index is -0.758. The lowest BCUT2D eigenvalue weighted by atomic mass is 10.2. The summed E-state index contributed by atoms with van der Waals surface area (Å²) in [6, 6.07) is 11.1. The number of ether oxygens (including phenoxy) is 2. The molecule has 0 aliphatic rings. The first-order chi connectivity index (χ1) is 10.5. The lowest BCUT2D eigenvalue weighted by Gasteiger charge is -2.16. The van der Waals surface area contributed by atoms with Gasteiger partial charge < -0.3 is 14.8 Å². The van der Waals surface area contributed by atoms with Crippen LogP contribution in [0.5, 0.6) is 11.5 Å². The van der Waals surface area contributed by atoms with Crippen molar-refractivity contribution in [3.05, 3.63) is 52.8 Å². The number of carbonyl (C=O) groups excluding carboxylic acids is 1. The highest BCUT2D eigenvalue weighted by molar-refractivity contribution is 9.10. The fourth-order valence-electron chi connectivity index (χ4n) is 1.80. The van der Waals surface area contributed by atoms with Gasteiger partial charge in [0, 0.05) is 0 Å². The molecule has 2 aromatic carbocycles. The van der Waals surface area contributed by atoms with Crippen molar-refractivity contribution in [3.63, 3.8) is 0 Å². The lowest BCUT2D eigenvalue weighted by molar-refractivity contribution is -0.122. The first kappa shape index (κ1) is 16.3. The summed E-state index contributed by atoms with van der Waals surface area (Å²) in [5, 5.41) is 2.73. The van der Waals surface area contributed by atoms with E-state index in [-0.39, 0.29) is 11.7 Å². The zero-order valence-corrected chi connectivity index (χ0v) is 13.7. The van der Waals surface area contributed by atoms with E-state index >= 15 is 0 Å². The molecule has 1 N–H and O–H groups in total. The summed E-state index contributed by atoms with van der Waals surface area (Å²) >= 11 is 3.20. The van der Waals surface area contributed by atoms with Crippen LogP contribution in [0.2, 0.25) is 0 Å². The molecule has 0 bridgehead atoms. The van der Waals surface area contributed by atoms with Crippen LogP contribution in [-0.4, -0.2) is 19.1 Å². The number of para-hydroxylation sites is 2. The molecule has 6 heteroatoms. The fraction of sp³-hybridized carbons (Fsp3) is 0.188. The highest BCUT2D eigenvalue weighted by Crippen LogP contribution is 2.27. The summed E-state index contributed by atoms with van der Waals surface area (Å²) in [5.41, 5.74) is 0.559. The van der Waals surface area contributed by atoms with Crippen LogP contribution in [0.4, 0.5) is 10.1 Å². The van der Waals surface area contributed by atoms with Gasteiger partial charge in [-0.1, -0.05) is 12.1 Å². The maximum absolute atomic E-state index is 13.0. The number of rotatable bonds is 5. The van der Waals surface area contributed by atoms with Gasteiger partial charge in [-0.3, -0.25) is 4.79 Å². The molecule has 0 aliphatic heterocycles. The number of hydrogen-bond acceptors (Lipinski definition) is 3. The Morgan fingerprint density at radius 1 is 1.23 bits per heavy atom. The van der Waals surface area contributed by atoms with E-state index in [0.29, 0.717) is 21.7 Å². The van der Waals surface area contributed by atoms with Gasteiger partial charge in [-0.15, -0.1) is 0 Å². The molecule has 116 valence electrons. The third kappa shape index (κ3) is 3.98. The molecule has 22 heavy (non-hydrogen) atoms. The summed E-state index contributed by atoms with van der Waals surface area (Å²) in [6.45, 7) is 1.61. The zero-order valence-electron chi connectivity index (χ0n) is 12.1. The van der Waals surface area contributed by atoms with E-state index in [1.807, 2.05) is 6.07 Å². The van der Waals surface area contributed by atoms with E-state index in [1.165, 1.54) is 25.3 Å². The van der Waals surface area contributed by atoms with Gasteiger partial charge in [0.1, 0.15) is 17.3 Å². The Morgan fingerprint density at radius 3 is 2.64 bits per heavy atom. The van der Waals surface area contributed by atoms with Gasteiger partial charge in [0.15, 0.2) is 6.10 Å². The van der Waals surface area contributed by atoms with E-state index in [0.717, 1.165) is 0 Å². The van der Waals surface area contributed by atoms with Crippen molar-refractivity contribution in [1.82, 2.24) is 0 Å². The van der Waals surface area contributed by atoms with Crippen LogP contribution in [0.3, 0.4) is 0 Å². The maximum Gasteiger partial charge on any atom is 0.265 e. The van der Waals surface area contributed by atoms with Gasteiger partial charge in [-0.05, 0) is 53.2 Å². The average Bonchev–Trinajstić information content (AvgIpc) is 2.50. The summed E-state index contributed by atoms with van der Waals surface area (Å²) in [5.74, 6) is 0.237. The Hall–Kier alpha value is -2.08. The van der Waals surface area contributed by atoms with Gasteiger partial charge >= 0.3 is 0 Å². The molecule has 0 fully saturated rings. The van der Waals surface area contributed by atoms with E-state index < -0.39 is 6.10 Å². The minimum Gasteiger partial charge on any atom is -0.495 e. The highest BCUT2D eigenvalue weighted by Gasteiger charge is 2.17. The van der Waals surface area contributed by atoms with Crippen LogP contribution < -0.4 is 14.8 Å². The third-order valence-electron chi connectivity index (χ3n) is 2.93. The van der Waals surface area contributed by atoms with Crippen molar-refractivity contribution in [2.24, 2.45) is 0 Å². The molecule has 1 amide bonds. The second kappa shape index (κ2) is 7.26. The second-order valence-corrected chi connectivity index (χ2v) is 5.38. The van der Waals surface area contributed by atoms with Crippen LogP contribution in [0.25, 0.3) is 0 Å². The van der Waals surface area contributed by atoms with Gasteiger partial charge in [0.2, 0.25) is 0 Å². The predicted octanol–water partition coefficient (Wildman–Crippen LogP) is 4.00. The van der Waals surface area contributed by atoms with Crippen molar-refractivity contribution in [1.29, 1.82) is 0 Å². The monoisotopic (exact) mass is 367 g/mol. The topological polar surface area (TPSA) is 47.6 Å². The molecule has 1 atom stereocenters. The molecular weight excluding hydrogens is 353 g/mol. The van der Waals surface area contributed by atoms with Crippen LogP contribution in [0.1, 0.15) is 6.92 Å². The van der Waals surface area contributed by atoms with E-state index in [4.69, 9.17) is 9.47 Å². The summed E-state index contributed by atoms with van der Waals surface area (Å²) in [4.78, 5) is 12.2. The Labute approximate surface area is 136 Å². The molecule has 0 saturated carbocycles. The first-order valence-corrected chi connectivity index (χ1v) is 7.36. The standard InChI is InChI=1S/C16H15BrFNO3/c1-10(22-14-8-7-11(18)9-12(14)17)16(20)19-13-5-3-4-6-15(13)21-2/h3-10H,1-2H3,(H,19,20). The molecule has 4 nitrogen and oxygen atoms in total. The Bertz CT molecular complexity index is 678. The third-order valence-corrected chi connectivity index (χ3v) is 3.55. The van der Waals surface area contributed by atoms with Crippen molar-refractivity contribution in [3.8, 4) is 11.5 Å². The summed E-state index contributed by atoms with van der Waals surface area (Å²) in [7, 11) is 1.53. The molecule has 0 heterocycles. The molecule has 0 aromatic heterocycles. The second-order valence-electron chi connectivity index (χ2n) is 4.52. The highest BCUT2D eigenvalue weighted by atomic mass is 79.9. The normalized spacial score (nSPS) is 11.6. The predicted molar refractivity (Wildman–Crippen MR) is 85.8 cm³/mol. The summed E-state index contributed by atoms with van der Waals surface area (Å²) in [6.07, 6.45) is -0.758. The smallest absolute Gasteiger partial charge is 0.265 e. The summed E-state index contributed by atoms with van der Waals surface area (Å²) < 4.78 is 24.2. The lowest BCUT2D eigenvalue weighted by Crippen LogP contribution is -2.30. The molecular formula is C16H15BrFNO3. The fourth-order valence-corrected chi connectivity index (χ4v) is 2.24. The molecule has 2 aromatic rings. The van der Waals surface area contributed by atoms with Crippen molar-refractivity contribution in [2.75, 3.05) is 12.4 Å². The number of amides is 1. The molecule has 0 radical (unpaired) electrons. The Balaban J connectivity index is 2.06. The van der Waals surface area contributed by atoms with Crippen LogP contribution in [0.15, 0.2) is 46.9 Å². The molecule has 0 aliphatic carbocycles. The van der Waals surface area contributed by atoms with Crippen LogP contribution in [0, 0.1) is 5.82 Å². The van der Waals surface area contributed by atoms with E-state index in [9.17, 15) is 9.18 Å². The van der Waals surface area contributed by atoms with Crippen molar-refractivity contribution < 1.29 is 18.7 Å². The molecule has 0 spiro atoms. The van der Waals surface area contributed by atoms with Crippen LogP contribution >= 0.6 is 15.9 Å². The average molecular weight is 368 g/mol. The van der Waals surface area contributed by atoms with Gasteiger partial charge in [0.05, 0.1) is 17.3 Å². The maximum atomic E-state index is 13.0. The van der Waals surface area contributed by atoms with Gasteiger partial charge in [-0.2, -0.15) is 0 Å². The molecule has 0 saturated heterocycles. The SMILES string of the molecule is COc1ccccc1NC(=O)C(C)Oc1ccc(F)cc1Br. The minimum absolute atomic E-state index is 0.333. The Morgan fingerprint density at radius 2 is 1.95 bits per heavy atom.